The van der Waals surface area contributed by atoms with Crippen molar-refractivity contribution < 1.29 is 0 Å². The Morgan fingerprint density at radius 1 is 0.378 bits per heavy atom. The summed E-state index contributed by atoms with van der Waals surface area (Å²) in [6.07, 6.45) is 0. The minimum Gasteiger partial charge on any atom is -0.308 e. The molecule has 45 heavy (non-hydrogen) atoms. The van der Waals surface area contributed by atoms with E-state index in [1.807, 2.05) is 97.1 Å². The van der Waals surface area contributed by atoms with Gasteiger partial charge in [-0.2, -0.15) is 0 Å². The van der Waals surface area contributed by atoms with Crippen LogP contribution in [0.3, 0.4) is 0 Å². The molecular formula is C40H24N4O. The first-order valence-electron chi connectivity index (χ1n) is 14.9. The van der Waals surface area contributed by atoms with Crippen LogP contribution in [0.2, 0.25) is 0 Å². The van der Waals surface area contributed by atoms with Crippen LogP contribution in [0.5, 0.6) is 0 Å². The minimum atomic E-state index is -0.00309. The van der Waals surface area contributed by atoms with Crippen LogP contribution in [0.25, 0.3) is 83.4 Å². The van der Waals surface area contributed by atoms with Crippen molar-refractivity contribution in [3.8, 4) is 45.3 Å². The van der Waals surface area contributed by atoms with Crippen molar-refractivity contribution in [2.24, 2.45) is 0 Å². The monoisotopic (exact) mass is 576 g/mol. The second-order valence-corrected chi connectivity index (χ2v) is 11.2. The van der Waals surface area contributed by atoms with Gasteiger partial charge in [-0.15, -0.1) is 0 Å². The van der Waals surface area contributed by atoms with Crippen LogP contribution in [0.4, 0.5) is 0 Å². The highest BCUT2D eigenvalue weighted by molar-refractivity contribution is 6.18. The lowest BCUT2D eigenvalue weighted by molar-refractivity contribution is 1.07. The summed E-state index contributed by atoms with van der Waals surface area (Å²) < 4.78 is 2.23. The molecule has 0 saturated carbocycles. The molecule has 3 heterocycles. The maximum Gasteiger partial charge on any atom is 0.197 e. The van der Waals surface area contributed by atoms with Crippen LogP contribution in [0.15, 0.2) is 150 Å². The summed E-state index contributed by atoms with van der Waals surface area (Å²) in [5.41, 5.74) is 7.67. The highest BCUT2D eigenvalue weighted by Gasteiger charge is 2.21. The average molecular weight is 577 g/mol. The van der Waals surface area contributed by atoms with Gasteiger partial charge in [0.25, 0.3) is 0 Å². The SMILES string of the molecule is O=c1c2ccccc2n2c3ccc(-c4ccccc4)cc3c3cc(-c4nc(-c5ccccc5)nc(-c5ccccc5)n4)cc1c32. The third-order valence-corrected chi connectivity index (χ3v) is 8.56. The quantitative estimate of drug-likeness (QED) is 0.196. The van der Waals surface area contributed by atoms with Gasteiger partial charge in [0.15, 0.2) is 22.9 Å². The fraction of sp³-hybridized carbons (Fsp3) is 0. The van der Waals surface area contributed by atoms with E-state index in [4.69, 9.17) is 15.0 Å². The van der Waals surface area contributed by atoms with Crippen molar-refractivity contribution in [1.82, 2.24) is 19.4 Å². The Kier molecular flexibility index (Phi) is 5.59. The Bertz CT molecular complexity index is 2540. The highest BCUT2D eigenvalue weighted by Crippen LogP contribution is 2.38. The molecule has 3 aromatic heterocycles. The van der Waals surface area contributed by atoms with Crippen molar-refractivity contribution >= 4 is 38.1 Å². The molecule has 6 aromatic carbocycles. The maximum absolute atomic E-state index is 14.2. The zero-order valence-electron chi connectivity index (χ0n) is 24.1. The normalized spacial score (nSPS) is 11.6. The standard InChI is InChI=1S/C40H24N4O/c45-37-30-18-10-11-19-34(30)44-35-21-20-28(25-12-4-1-5-13-25)22-31(35)32-23-29(24-33(37)36(32)44)40-42-38(26-14-6-2-7-15-26)41-39(43-40)27-16-8-3-9-17-27/h1-24H. The predicted octanol–water partition coefficient (Wildman–Crippen LogP) is 9.05. The Balaban J connectivity index is 1.39. The van der Waals surface area contributed by atoms with Crippen molar-refractivity contribution in [2.75, 3.05) is 0 Å². The third-order valence-electron chi connectivity index (χ3n) is 8.56. The van der Waals surface area contributed by atoms with Gasteiger partial charge in [0.2, 0.25) is 0 Å². The van der Waals surface area contributed by atoms with E-state index in [-0.39, 0.29) is 5.43 Å². The van der Waals surface area contributed by atoms with Gasteiger partial charge >= 0.3 is 0 Å². The summed E-state index contributed by atoms with van der Waals surface area (Å²) in [6, 6.07) is 48.7. The van der Waals surface area contributed by atoms with Crippen molar-refractivity contribution in [1.29, 1.82) is 0 Å². The third kappa shape index (κ3) is 4.02. The first-order chi connectivity index (χ1) is 22.2. The molecule has 0 atom stereocenters. The molecule has 210 valence electrons. The number of benzene rings is 6. The second-order valence-electron chi connectivity index (χ2n) is 11.2. The minimum absolute atomic E-state index is 0.00309. The van der Waals surface area contributed by atoms with Crippen LogP contribution in [-0.4, -0.2) is 19.4 Å². The fourth-order valence-corrected chi connectivity index (χ4v) is 6.45. The van der Waals surface area contributed by atoms with E-state index >= 15 is 0 Å². The van der Waals surface area contributed by atoms with Crippen molar-refractivity contribution in [2.45, 2.75) is 0 Å². The van der Waals surface area contributed by atoms with Gasteiger partial charge in [-0.05, 0) is 47.5 Å². The molecule has 0 aliphatic rings. The number of hydrogen-bond donors (Lipinski definition) is 0. The molecule has 0 saturated heterocycles. The number of rotatable bonds is 4. The second kappa shape index (κ2) is 9.93. The van der Waals surface area contributed by atoms with Crippen LogP contribution >= 0.6 is 0 Å². The molecule has 0 N–H and O–H groups in total. The van der Waals surface area contributed by atoms with E-state index in [2.05, 4.69) is 52.9 Å². The van der Waals surface area contributed by atoms with Gasteiger partial charge in [-0.1, -0.05) is 109 Å². The maximum atomic E-state index is 14.2. The summed E-state index contributed by atoms with van der Waals surface area (Å²) in [7, 11) is 0. The van der Waals surface area contributed by atoms with Crippen LogP contribution in [-0.2, 0) is 0 Å². The number of fused-ring (bicyclic) bond motifs is 5. The lowest BCUT2D eigenvalue weighted by Crippen LogP contribution is -2.07. The molecule has 9 aromatic rings. The molecule has 5 heteroatoms. The van der Waals surface area contributed by atoms with E-state index in [0.29, 0.717) is 28.2 Å². The van der Waals surface area contributed by atoms with Gasteiger partial charge in [0.05, 0.1) is 16.6 Å². The largest absolute Gasteiger partial charge is 0.308 e. The molecule has 0 fully saturated rings. The molecular weight excluding hydrogens is 552 g/mol. The molecule has 0 spiro atoms. The van der Waals surface area contributed by atoms with E-state index in [1.54, 1.807) is 0 Å². The average Bonchev–Trinajstić information content (AvgIpc) is 3.45. The summed E-state index contributed by atoms with van der Waals surface area (Å²) in [5.74, 6) is 1.69. The Morgan fingerprint density at radius 3 is 1.51 bits per heavy atom. The van der Waals surface area contributed by atoms with Gasteiger partial charge in [0.1, 0.15) is 0 Å². The lowest BCUT2D eigenvalue weighted by atomic mass is 10.0. The number of hydrogen-bond acceptors (Lipinski definition) is 4. The molecule has 0 amide bonds. The summed E-state index contributed by atoms with van der Waals surface area (Å²) in [6.45, 7) is 0. The van der Waals surface area contributed by atoms with Gasteiger partial charge < -0.3 is 4.40 Å². The number of aromatic nitrogens is 4. The number of pyridine rings is 1. The molecule has 0 unspecified atom stereocenters. The van der Waals surface area contributed by atoms with Crippen molar-refractivity contribution in [3.05, 3.63) is 156 Å². The zero-order chi connectivity index (χ0) is 29.9. The topological polar surface area (TPSA) is 60.2 Å². The lowest BCUT2D eigenvalue weighted by Gasteiger charge is -2.10. The summed E-state index contributed by atoms with van der Waals surface area (Å²) in [4.78, 5) is 29.0. The molecule has 0 aliphatic carbocycles. The van der Waals surface area contributed by atoms with E-state index in [9.17, 15) is 4.79 Å². The smallest absolute Gasteiger partial charge is 0.197 e. The molecule has 5 nitrogen and oxygen atoms in total. The Labute approximate surface area is 258 Å². The highest BCUT2D eigenvalue weighted by atomic mass is 16.1. The van der Waals surface area contributed by atoms with Crippen LogP contribution in [0.1, 0.15) is 0 Å². The molecule has 0 bridgehead atoms. The first-order valence-corrected chi connectivity index (χ1v) is 14.9. The predicted molar refractivity (Wildman–Crippen MR) is 182 cm³/mol. The zero-order valence-corrected chi connectivity index (χ0v) is 24.1. The fourth-order valence-electron chi connectivity index (χ4n) is 6.45. The molecule has 9 rings (SSSR count). The van der Waals surface area contributed by atoms with E-state index < -0.39 is 0 Å². The van der Waals surface area contributed by atoms with Gasteiger partial charge in [-0.3, -0.25) is 4.79 Å². The first kappa shape index (κ1) is 25.3. The van der Waals surface area contributed by atoms with Crippen molar-refractivity contribution in [3.63, 3.8) is 0 Å². The number of nitrogens with zero attached hydrogens (tertiary/aromatic N) is 4. The van der Waals surface area contributed by atoms with E-state index in [0.717, 1.165) is 55.1 Å². The summed E-state index contributed by atoms with van der Waals surface area (Å²) >= 11 is 0. The number of para-hydroxylation sites is 1. The van der Waals surface area contributed by atoms with Crippen LogP contribution < -0.4 is 5.43 Å². The summed E-state index contributed by atoms with van der Waals surface area (Å²) in [5, 5.41) is 3.38. The molecule has 0 aliphatic heterocycles. The molecule has 0 radical (unpaired) electrons. The van der Waals surface area contributed by atoms with Gasteiger partial charge in [0, 0.05) is 38.2 Å². The van der Waals surface area contributed by atoms with Crippen LogP contribution in [0, 0.1) is 0 Å². The Morgan fingerprint density at radius 2 is 0.867 bits per heavy atom. The Hall–Kier alpha value is -6.20. The van der Waals surface area contributed by atoms with E-state index in [1.165, 1.54) is 0 Å². The van der Waals surface area contributed by atoms with Gasteiger partial charge in [-0.25, -0.2) is 15.0 Å².